The van der Waals surface area contributed by atoms with E-state index in [1.54, 1.807) is 6.92 Å². The molecule has 0 spiro atoms. The monoisotopic (exact) mass is 321 g/mol. The molecule has 1 aromatic carbocycles. The van der Waals surface area contributed by atoms with Crippen LogP contribution >= 0.6 is 0 Å². The first kappa shape index (κ1) is 19.0. The van der Waals surface area contributed by atoms with Crippen LogP contribution in [-0.4, -0.2) is 28.6 Å². The Bertz CT molecular complexity index is 556. The standard InChI is InChI=1S/C18H27NO4/c1-6-14(23-15-10-8-7-9-13(15)4)17(22)19-18(5,12(2)3)11-16(20)21/h7-10,12,14H,6,11H2,1-5H3,(H,19,22)(H,20,21). The van der Waals surface area contributed by atoms with Crippen LogP contribution < -0.4 is 10.1 Å². The summed E-state index contributed by atoms with van der Waals surface area (Å²) in [7, 11) is 0. The maximum Gasteiger partial charge on any atom is 0.305 e. The summed E-state index contributed by atoms with van der Waals surface area (Å²) in [6.45, 7) is 9.33. The van der Waals surface area contributed by atoms with E-state index < -0.39 is 17.6 Å². The predicted molar refractivity (Wildman–Crippen MR) is 89.5 cm³/mol. The van der Waals surface area contributed by atoms with Crippen LogP contribution in [0.5, 0.6) is 5.75 Å². The molecule has 0 aromatic heterocycles. The summed E-state index contributed by atoms with van der Waals surface area (Å²) >= 11 is 0. The van der Waals surface area contributed by atoms with E-state index in [4.69, 9.17) is 9.84 Å². The van der Waals surface area contributed by atoms with Gasteiger partial charge in [0.25, 0.3) is 5.91 Å². The number of ether oxygens (including phenoxy) is 1. The highest BCUT2D eigenvalue weighted by Gasteiger charge is 2.35. The summed E-state index contributed by atoms with van der Waals surface area (Å²) in [5.41, 5.74) is 0.140. The molecular formula is C18H27NO4. The number of amides is 1. The molecule has 0 heterocycles. The van der Waals surface area contributed by atoms with E-state index >= 15 is 0 Å². The van der Waals surface area contributed by atoms with E-state index in [0.717, 1.165) is 5.56 Å². The van der Waals surface area contributed by atoms with Gasteiger partial charge in [-0.2, -0.15) is 0 Å². The molecule has 1 amide bonds. The lowest BCUT2D eigenvalue weighted by atomic mass is 9.85. The van der Waals surface area contributed by atoms with Gasteiger partial charge in [-0.15, -0.1) is 0 Å². The molecule has 0 saturated carbocycles. The smallest absolute Gasteiger partial charge is 0.305 e. The predicted octanol–water partition coefficient (Wildman–Crippen LogP) is 3.16. The van der Waals surface area contributed by atoms with Crippen LogP contribution in [-0.2, 0) is 9.59 Å². The number of carboxylic acids is 1. The average molecular weight is 321 g/mol. The summed E-state index contributed by atoms with van der Waals surface area (Å²) in [4.78, 5) is 23.7. The third-order valence-electron chi connectivity index (χ3n) is 4.23. The van der Waals surface area contributed by atoms with Crippen molar-refractivity contribution in [1.29, 1.82) is 0 Å². The molecule has 0 aliphatic carbocycles. The van der Waals surface area contributed by atoms with E-state index in [1.807, 2.05) is 52.0 Å². The average Bonchev–Trinajstić information content (AvgIpc) is 2.45. The molecule has 0 aliphatic heterocycles. The minimum absolute atomic E-state index is 0.0153. The summed E-state index contributed by atoms with van der Waals surface area (Å²) in [5, 5.41) is 12.0. The Balaban J connectivity index is 2.87. The van der Waals surface area contributed by atoms with E-state index in [2.05, 4.69) is 5.32 Å². The number of aryl methyl sites for hydroxylation is 1. The first-order valence-electron chi connectivity index (χ1n) is 7.95. The van der Waals surface area contributed by atoms with Crippen molar-refractivity contribution >= 4 is 11.9 Å². The first-order chi connectivity index (χ1) is 10.7. The van der Waals surface area contributed by atoms with Crippen molar-refractivity contribution in [2.24, 2.45) is 5.92 Å². The molecule has 2 N–H and O–H groups in total. The molecule has 0 saturated heterocycles. The highest BCUT2D eigenvalue weighted by molar-refractivity contribution is 5.82. The second-order valence-corrected chi connectivity index (χ2v) is 6.41. The molecule has 0 radical (unpaired) electrons. The topological polar surface area (TPSA) is 75.6 Å². The molecule has 0 bridgehead atoms. The van der Waals surface area contributed by atoms with Crippen LogP contribution in [0.4, 0.5) is 0 Å². The minimum Gasteiger partial charge on any atom is -0.481 e. The van der Waals surface area contributed by atoms with Crippen molar-refractivity contribution in [2.45, 2.75) is 59.1 Å². The summed E-state index contributed by atoms with van der Waals surface area (Å²) in [6.07, 6.45) is -0.276. The van der Waals surface area contributed by atoms with Gasteiger partial charge in [0.15, 0.2) is 6.10 Å². The quantitative estimate of drug-likeness (QED) is 0.771. The number of aliphatic carboxylic acids is 1. The molecule has 2 unspecified atom stereocenters. The number of carbonyl (C=O) groups is 2. The minimum atomic E-state index is -0.936. The lowest BCUT2D eigenvalue weighted by Crippen LogP contribution is -2.55. The van der Waals surface area contributed by atoms with Crippen molar-refractivity contribution in [1.82, 2.24) is 5.32 Å². The van der Waals surface area contributed by atoms with Gasteiger partial charge in [0.1, 0.15) is 5.75 Å². The molecule has 0 aliphatic rings. The number of para-hydroxylation sites is 1. The van der Waals surface area contributed by atoms with Crippen LogP contribution in [0, 0.1) is 12.8 Å². The van der Waals surface area contributed by atoms with Gasteiger partial charge in [0.05, 0.1) is 12.0 Å². The second kappa shape index (κ2) is 7.99. The lowest BCUT2D eigenvalue weighted by Gasteiger charge is -2.34. The number of nitrogens with one attached hydrogen (secondary N) is 1. The molecule has 128 valence electrons. The van der Waals surface area contributed by atoms with Crippen molar-refractivity contribution in [3.63, 3.8) is 0 Å². The highest BCUT2D eigenvalue weighted by Crippen LogP contribution is 2.23. The van der Waals surface area contributed by atoms with Gasteiger partial charge in [-0.25, -0.2) is 0 Å². The zero-order chi connectivity index (χ0) is 17.6. The fourth-order valence-corrected chi connectivity index (χ4v) is 2.23. The molecule has 0 fully saturated rings. The molecule has 1 rings (SSSR count). The van der Waals surface area contributed by atoms with E-state index in [0.29, 0.717) is 12.2 Å². The molecule has 5 heteroatoms. The number of carboxylic acid groups (broad SMARTS) is 1. The van der Waals surface area contributed by atoms with Gasteiger partial charge < -0.3 is 15.2 Å². The maximum absolute atomic E-state index is 12.6. The highest BCUT2D eigenvalue weighted by atomic mass is 16.5. The number of rotatable bonds is 8. The first-order valence-corrected chi connectivity index (χ1v) is 7.95. The van der Waals surface area contributed by atoms with Gasteiger partial charge in [0, 0.05) is 0 Å². The van der Waals surface area contributed by atoms with Crippen molar-refractivity contribution in [3.8, 4) is 5.75 Å². The zero-order valence-corrected chi connectivity index (χ0v) is 14.6. The Hall–Kier alpha value is -2.04. The summed E-state index contributed by atoms with van der Waals surface area (Å²) in [6, 6.07) is 7.51. The molecular weight excluding hydrogens is 294 g/mol. The summed E-state index contributed by atoms with van der Waals surface area (Å²) < 4.78 is 5.83. The van der Waals surface area contributed by atoms with Gasteiger partial charge >= 0.3 is 5.97 Å². The van der Waals surface area contributed by atoms with Crippen LogP contribution in [0.3, 0.4) is 0 Å². The largest absolute Gasteiger partial charge is 0.481 e. The second-order valence-electron chi connectivity index (χ2n) is 6.41. The third kappa shape index (κ3) is 5.27. The molecule has 5 nitrogen and oxygen atoms in total. The molecule has 1 aromatic rings. The van der Waals surface area contributed by atoms with Crippen molar-refractivity contribution < 1.29 is 19.4 Å². The Kier molecular flexibility index (Phi) is 6.61. The van der Waals surface area contributed by atoms with Crippen molar-refractivity contribution in [3.05, 3.63) is 29.8 Å². The fraction of sp³-hybridized carbons (Fsp3) is 0.556. The Morgan fingerprint density at radius 3 is 2.39 bits per heavy atom. The molecule has 23 heavy (non-hydrogen) atoms. The SMILES string of the molecule is CCC(Oc1ccccc1C)C(=O)NC(C)(CC(=O)O)C(C)C. The maximum atomic E-state index is 12.6. The van der Waals surface area contributed by atoms with Gasteiger partial charge in [0.2, 0.25) is 0 Å². The number of carbonyl (C=O) groups excluding carboxylic acids is 1. The normalized spacial score (nSPS) is 14.9. The van der Waals surface area contributed by atoms with Crippen LogP contribution in [0.2, 0.25) is 0 Å². The van der Waals surface area contributed by atoms with Crippen LogP contribution in [0.15, 0.2) is 24.3 Å². The van der Waals surface area contributed by atoms with E-state index in [1.165, 1.54) is 0 Å². The Morgan fingerprint density at radius 2 is 1.91 bits per heavy atom. The van der Waals surface area contributed by atoms with Gasteiger partial charge in [-0.1, -0.05) is 39.0 Å². The Morgan fingerprint density at radius 1 is 1.30 bits per heavy atom. The van der Waals surface area contributed by atoms with Crippen LogP contribution in [0.1, 0.15) is 46.1 Å². The number of hydrogen-bond acceptors (Lipinski definition) is 3. The fourth-order valence-electron chi connectivity index (χ4n) is 2.23. The summed E-state index contributed by atoms with van der Waals surface area (Å²) in [5.74, 6) is -0.569. The zero-order valence-electron chi connectivity index (χ0n) is 14.6. The lowest BCUT2D eigenvalue weighted by molar-refractivity contribution is -0.140. The van der Waals surface area contributed by atoms with Gasteiger partial charge in [-0.3, -0.25) is 9.59 Å². The van der Waals surface area contributed by atoms with Crippen molar-refractivity contribution in [2.75, 3.05) is 0 Å². The Labute approximate surface area is 138 Å². The number of benzene rings is 1. The van der Waals surface area contributed by atoms with Crippen LogP contribution in [0.25, 0.3) is 0 Å². The van der Waals surface area contributed by atoms with E-state index in [9.17, 15) is 9.59 Å². The molecule has 2 atom stereocenters. The van der Waals surface area contributed by atoms with E-state index in [-0.39, 0.29) is 18.2 Å². The third-order valence-corrected chi connectivity index (χ3v) is 4.23. The number of hydrogen-bond donors (Lipinski definition) is 2. The van der Waals surface area contributed by atoms with Gasteiger partial charge in [-0.05, 0) is 37.8 Å².